The smallest absolute Gasteiger partial charge is 0.258 e. The van der Waals surface area contributed by atoms with Crippen molar-refractivity contribution in [1.82, 2.24) is 5.48 Å². The molecule has 0 saturated heterocycles. The first-order valence-electron chi connectivity index (χ1n) is 3.77. The lowest BCUT2D eigenvalue weighted by atomic mass is 10.4. The van der Waals surface area contributed by atoms with Crippen molar-refractivity contribution in [3.05, 3.63) is 30.3 Å². The molecule has 1 aromatic rings. The lowest BCUT2D eigenvalue weighted by molar-refractivity contribution is -0.126. The average Bonchev–Trinajstić information content (AvgIpc) is 2.18. The largest absolute Gasteiger partial charge is 0.289 e. The monoisotopic (exact) mass is 215 g/mol. The molecule has 0 bridgehead atoms. The van der Waals surface area contributed by atoms with E-state index >= 15 is 0 Å². The minimum Gasteiger partial charge on any atom is -0.289 e. The summed E-state index contributed by atoms with van der Waals surface area (Å²) >= 11 is 0. The van der Waals surface area contributed by atoms with E-state index in [4.69, 9.17) is 5.21 Å². The lowest BCUT2D eigenvalue weighted by Crippen LogP contribution is -2.27. The third-order valence-corrected chi connectivity index (χ3v) is 3.18. The summed E-state index contributed by atoms with van der Waals surface area (Å²) in [7, 11) is -3.64. The van der Waals surface area contributed by atoms with Gasteiger partial charge >= 0.3 is 0 Å². The number of carbonyl (C=O) groups is 1. The van der Waals surface area contributed by atoms with Gasteiger partial charge in [-0.15, -0.1) is 0 Å². The van der Waals surface area contributed by atoms with Crippen LogP contribution in [0.5, 0.6) is 0 Å². The molecule has 14 heavy (non-hydrogen) atoms. The SMILES string of the molecule is O=C(CS(=O)(=O)c1ccccc1)NO. The van der Waals surface area contributed by atoms with Crippen LogP contribution >= 0.6 is 0 Å². The van der Waals surface area contributed by atoms with Gasteiger partial charge in [0, 0.05) is 0 Å². The Morgan fingerprint density at radius 3 is 2.36 bits per heavy atom. The van der Waals surface area contributed by atoms with Gasteiger partial charge < -0.3 is 0 Å². The van der Waals surface area contributed by atoms with E-state index in [2.05, 4.69) is 0 Å². The number of hydrogen-bond acceptors (Lipinski definition) is 4. The lowest BCUT2D eigenvalue weighted by Gasteiger charge is -2.01. The normalized spacial score (nSPS) is 10.9. The van der Waals surface area contributed by atoms with Crippen molar-refractivity contribution in [1.29, 1.82) is 0 Å². The van der Waals surface area contributed by atoms with Crippen LogP contribution in [-0.4, -0.2) is 25.3 Å². The minimum atomic E-state index is -3.64. The summed E-state index contributed by atoms with van der Waals surface area (Å²) in [5, 5.41) is 8.18. The molecule has 0 aromatic heterocycles. The topological polar surface area (TPSA) is 83.5 Å². The Balaban J connectivity index is 2.93. The molecule has 0 radical (unpaired) electrons. The Morgan fingerprint density at radius 1 is 1.29 bits per heavy atom. The zero-order chi connectivity index (χ0) is 10.6. The Morgan fingerprint density at radius 2 is 1.86 bits per heavy atom. The molecule has 1 rings (SSSR count). The third-order valence-electron chi connectivity index (χ3n) is 1.55. The highest BCUT2D eigenvalue weighted by Crippen LogP contribution is 2.09. The minimum absolute atomic E-state index is 0.0589. The Labute approximate surface area is 81.2 Å². The number of hydroxylamine groups is 1. The highest BCUT2D eigenvalue weighted by Gasteiger charge is 2.18. The fourth-order valence-electron chi connectivity index (χ4n) is 0.916. The molecule has 0 aliphatic heterocycles. The molecular formula is C8H9NO4S. The van der Waals surface area contributed by atoms with Crippen LogP contribution in [0.25, 0.3) is 0 Å². The molecule has 2 N–H and O–H groups in total. The number of rotatable bonds is 3. The van der Waals surface area contributed by atoms with Crippen molar-refractivity contribution < 1.29 is 18.4 Å². The Kier molecular flexibility index (Phi) is 3.21. The van der Waals surface area contributed by atoms with E-state index in [1.54, 1.807) is 18.2 Å². The summed E-state index contributed by atoms with van der Waals surface area (Å²) in [6.45, 7) is 0. The van der Waals surface area contributed by atoms with Crippen LogP contribution in [-0.2, 0) is 14.6 Å². The second-order valence-electron chi connectivity index (χ2n) is 2.61. The molecule has 0 unspecified atom stereocenters. The van der Waals surface area contributed by atoms with Crippen LogP contribution in [0, 0.1) is 0 Å². The molecule has 1 aromatic carbocycles. The van der Waals surface area contributed by atoms with Crippen LogP contribution in [0.3, 0.4) is 0 Å². The highest BCUT2D eigenvalue weighted by atomic mass is 32.2. The maximum absolute atomic E-state index is 11.4. The maximum Gasteiger partial charge on any atom is 0.258 e. The zero-order valence-corrected chi connectivity index (χ0v) is 7.99. The molecule has 6 heteroatoms. The van der Waals surface area contributed by atoms with E-state index in [9.17, 15) is 13.2 Å². The van der Waals surface area contributed by atoms with E-state index < -0.39 is 21.5 Å². The van der Waals surface area contributed by atoms with E-state index in [1.807, 2.05) is 0 Å². The number of hydrogen-bond donors (Lipinski definition) is 2. The number of nitrogens with one attached hydrogen (secondary N) is 1. The van der Waals surface area contributed by atoms with Gasteiger partial charge in [-0.1, -0.05) is 18.2 Å². The Bertz CT molecular complexity index is 412. The van der Waals surface area contributed by atoms with Gasteiger partial charge in [-0.2, -0.15) is 0 Å². The predicted octanol–water partition coefficient (Wildman–Crippen LogP) is -0.0343. The number of benzene rings is 1. The number of amides is 1. The maximum atomic E-state index is 11.4. The summed E-state index contributed by atoms with van der Waals surface area (Å²) in [4.78, 5) is 10.7. The summed E-state index contributed by atoms with van der Waals surface area (Å²) in [6.07, 6.45) is 0. The van der Waals surface area contributed by atoms with Crippen molar-refractivity contribution in [3.8, 4) is 0 Å². The van der Waals surface area contributed by atoms with Gasteiger partial charge in [0.25, 0.3) is 5.91 Å². The van der Waals surface area contributed by atoms with Gasteiger partial charge in [0.2, 0.25) is 0 Å². The van der Waals surface area contributed by atoms with Crippen molar-refractivity contribution in [2.75, 3.05) is 5.75 Å². The van der Waals surface area contributed by atoms with Gasteiger partial charge in [-0.25, -0.2) is 13.9 Å². The van der Waals surface area contributed by atoms with E-state index in [0.29, 0.717) is 0 Å². The van der Waals surface area contributed by atoms with E-state index in [-0.39, 0.29) is 4.90 Å². The standard InChI is InChI=1S/C8H9NO4S/c10-8(9-11)6-14(12,13)7-4-2-1-3-5-7/h1-5,11H,6H2,(H,9,10). The molecular weight excluding hydrogens is 206 g/mol. The van der Waals surface area contributed by atoms with Gasteiger partial charge in [0.15, 0.2) is 9.84 Å². The van der Waals surface area contributed by atoms with Crippen molar-refractivity contribution in [2.45, 2.75) is 4.90 Å². The third kappa shape index (κ3) is 2.54. The molecule has 0 saturated carbocycles. The average molecular weight is 215 g/mol. The number of carbonyl (C=O) groups excluding carboxylic acids is 1. The molecule has 0 spiro atoms. The molecule has 0 fully saturated rings. The van der Waals surface area contributed by atoms with Gasteiger partial charge in [-0.3, -0.25) is 10.0 Å². The van der Waals surface area contributed by atoms with Crippen LogP contribution in [0.15, 0.2) is 35.2 Å². The Hall–Kier alpha value is -1.40. The molecule has 0 aliphatic carbocycles. The van der Waals surface area contributed by atoms with Gasteiger partial charge in [-0.05, 0) is 12.1 Å². The fourth-order valence-corrected chi connectivity index (χ4v) is 2.06. The summed E-state index contributed by atoms with van der Waals surface area (Å²) < 4.78 is 22.9. The zero-order valence-electron chi connectivity index (χ0n) is 7.17. The van der Waals surface area contributed by atoms with Crippen molar-refractivity contribution >= 4 is 15.7 Å². The van der Waals surface area contributed by atoms with Crippen LogP contribution in [0.1, 0.15) is 0 Å². The molecule has 5 nitrogen and oxygen atoms in total. The van der Waals surface area contributed by atoms with Crippen LogP contribution in [0.2, 0.25) is 0 Å². The first-order chi connectivity index (χ1) is 6.56. The van der Waals surface area contributed by atoms with Crippen molar-refractivity contribution in [3.63, 3.8) is 0 Å². The van der Waals surface area contributed by atoms with E-state index in [0.717, 1.165) is 0 Å². The quantitative estimate of drug-likeness (QED) is 0.547. The predicted molar refractivity (Wildman–Crippen MR) is 48.4 cm³/mol. The summed E-state index contributed by atoms with van der Waals surface area (Å²) in [6, 6.07) is 7.57. The summed E-state index contributed by atoms with van der Waals surface area (Å²) in [5.74, 6) is -1.71. The molecule has 0 atom stereocenters. The second kappa shape index (κ2) is 4.21. The number of sulfone groups is 1. The molecule has 1 amide bonds. The molecule has 0 heterocycles. The van der Waals surface area contributed by atoms with Crippen LogP contribution < -0.4 is 5.48 Å². The van der Waals surface area contributed by atoms with Crippen LogP contribution in [0.4, 0.5) is 0 Å². The van der Waals surface area contributed by atoms with Gasteiger partial charge in [0.1, 0.15) is 5.75 Å². The molecule has 0 aliphatic rings. The second-order valence-corrected chi connectivity index (χ2v) is 4.60. The summed E-state index contributed by atoms with van der Waals surface area (Å²) in [5.41, 5.74) is 1.27. The highest BCUT2D eigenvalue weighted by molar-refractivity contribution is 7.92. The van der Waals surface area contributed by atoms with Crippen molar-refractivity contribution in [2.24, 2.45) is 0 Å². The fraction of sp³-hybridized carbons (Fsp3) is 0.125. The first-order valence-corrected chi connectivity index (χ1v) is 5.42. The van der Waals surface area contributed by atoms with Gasteiger partial charge in [0.05, 0.1) is 4.90 Å². The first kappa shape index (κ1) is 10.7. The molecule has 76 valence electrons. The van der Waals surface area contributed by atoms with E-state index in [1.165, 1.54) is 17.6 Å².